The Morgan fingerprint density at radius 2 is 2.00 bits per heavy atom. The number of rotatable bonds is 4. The van der Waals surface area contributed by atoms with Gasteiger partial charge in [-0.25, -0.2) is 0 Å². The number of ether oxygens (including phenoxy) is 1. The van der Waals surface area contributed by atoms with Gasteiger partial charge in [-0.1, -0.05) is 0 Å². The molecule has 2 nitrogen and oxygen atoms in total. The lowest BCUT2D eigenvalue weighted by atomic mass is 10.2. The van der Waals surface area contributed by atoms with Crippen molar-refractivity contribution in [3.05, 3.63) is 0 Å². The van der Waals surface area contributed by atoms with Crippen LogP contribution in [0.1, 0.15) is 20.8 Å². The van der Waals surface area contributed by atoms with Gasteiger partial charge in [0, 0.05) is 6.92 Å². The molecule has 0 aromatic rings. The van der Waals surface area contributed by atoms with Gasteiger partial charge >= 0.3 is 5.92 Å². The average Bonchev–Trinajstić information content (AvgIpc) is 1.84. The van der Waals surface area contributed by atoms with Crippen molar-refractivity contribution in [2.75, 3.05) is 6.61 Å². The van der Waals surface area contributed by atoms with Crippen molar-refractivity contribution in [1.82, 2.24) is 0 Å². The molecule has 0 unspecified atom stereocenters. The zero-order valence-electron chi connectivity index (χ0n) is 6.86. The molecule has 4 heteroatoms. The molecule has 0 atom stereocenters. The molecule has 0 radical (unpaired) electrons. The van der Waals surface area contributed by atoms with Gasteiger partial charge in [-0.15, -0.1) is 0 Å². The maximum absolute atomic E-state index is 12.4. The molecule has 0 aromatic carbocycles. The molecular weight excluding hydrogens is 154 g/mol. The molecule has 0 spiro atoms. The highest BCUT2D eigenvalue weighted by molar-refractivity contribution is 5.83. The van der Waals surface area contributed by atoms with Gasteiger partial charge < -0.3 is 4.74 Å². The van der Waals surface area contributed by atoms with E-state index in [1.165, 1.54) is 0 Å². The molecule has 0 aliphatic heterocycles. The summed E-state index contributed by atoms with van der Waals surface area (Å²) in [7, 11) is 0. The first-order valence-electron chi connectivity index (χ1n) is 3.36. The summed E-state index contributed by atoms with van der Waals surface area (Å²) in [5.74, 6) is -4.48. The van der Waals surface area contributed by atoms with Crippen LogP contribution in [0.2, 0.25) is 0 Å². The third kappa shape index (κ3) is 4.03. The summed E-state index contributed by atoms with van der Waals surface area (Å²) < 4.78 is 29.5. The minimum Gasteiger partial charge on any atom is -0.372 e. The Hall–Kier alpha value is -0.510. The molecule has 0 amide bonds. The molecule has 0 aliphatic rings. The third-order valence-electron chi connectivity index (χ3n) is 1.11. The van der Waals surface area contributed by atoms with E-state index in [2.05, 4.69) is 4.74 Å². The van der Waals surface area contributed by atoms with E-state index in [9.17, 15) is 13.6 Å². The summed E-state index contributed by atoms with van der Waals surface area (Å²) in [6, 6.07) is 0. The van der Waals surface area contributed by atoms with Gasteiger partial charge in [0.15, 0.2) is 0 Å². The van der Waals surface area contributed by atoms with Gasteiger partial charge in [-0.2, -0.15) is 8.78 Å². The number of carbonyl (C=O) groups is 1. The first-order valence-corrected chi connectivity index (χ1v) is 3.36. The van der Waals surface area contributed by atoms with Gasteiger partial charge in [0.05, 0.1) is 6.10 Å². The van der Waals surface area contributed by atoms with Crippen LogP contribution in [0.25, 0.3) is 0 Å². The molecule has 0 aliphatic carbocycles. The van der Waals surface area contributed by atoms with Crippen molar-refractivity contribution in [3.63, 3.8) is 0 Å². The molecule has 0 bridgehead atoms. The molecule has 0 saturated heterocycles. The van der Waals surface area contributed by atoms with Crippen molar-refractivity contribution >= 4 is 5.78 Å². The Kier molecular flexibility index (Phi) is 3.58. The van der Waals surface area contributed by atoms with Crippen LogP contribution < -0.4 is 0 Å². The van der Waals surface area contributed by atoms with Crippen molar-refractivity contribution in [3.8, 4) is 0 Å². The molecule has 0 saturated carbocycles. The fourth-order valence-electron chi connectivity index (χ4n) is 0.373. The smallest absolute Gasteiger partial charge is 0.327 e. The van der Waals surface area contributed by atoms with Crippen molar-refractivity contribution in [2.45, 2.75) is 32.8 Å². The second kappa shape index (κ2) is 3.76. The van der Waals surface area contributed by atoms with E-state index in [4.69, 9.17) is 0 Å². The van der Waals surface area contributed by atoms with E-state index < -0.39 is 18.3 Å². The van der Waals surface area contributed by atoms with E-state index in [0.29, 0.717) is 0 Å². The maximum Gasteiger partial charge on any atom is 0.327 e. The molecule has 11 heavy (non-hydrogen) atoms. The highest BCUT2D eigenvalue weighted by Crippen LogP contribution is 2.15. The van der Waals surface area contributed by atoms with Crippen LogP contribution in [0.3, 0.4) is 0 Å². The summed E-state index contributed by atoms with van der Waals surface area (Å²) in [5, 5.41) is 0. The average molecular weight is 166 g/mol. The number of carbonyl (C=O) groups excluding carboxylic acids is 1. The number of ketones is 1. The van der Waals surface area contributed by atoms with Crippen LogP contribution in [-0.2, 0) is 9.53 Å². The lowest BCUT2D eigenvalue weighted by molar-refractivity contribution is -0.152. The second-order valence-electron chi connectivity index (χ2n) is 2.62. The number of hydrogen-bond donors (Lipinski definition) is 0. The lowest BCUT2D eigenvalue weighted by Crippen LogP contribution is -2.33. The maximum atomic E-state index is 12.4. The molecule has 0 heterocycles. The van der Waals surface area contributed by atoms with Crippen molar-refractivity contribution < 1.29 is 18.3 Å². The fraction of sp³-hybridized carbons (Fsp3) is 0.857. The second-order valence-corrected chi connectivity index (χ2v) is 2.62. The number of hydrogen-bond acceptors (Lipinski definition) is 2. The SMILES string of the molecule is CC(=O)C(F)(F)COC(C)C. The molecule has 0 fully saturated rings. The third-order valence-corrected chi connectivity index (χ3v) is 1.11. The van der Waals surface area contributed by atoms with E-state index in [0.717, 1.165) is 6.92 Å². The van der Waals surface area contributed by atoms with Crippen molar-refractivity contribution in [2.24, 2.45) is 0 Å². The predicted molar refractivity (Wildman–Crippen MR) is 36.7 cm³/mol. The van der Waals surface area contributed by atoms with Crippen molar-refractivity contribution in [1.29, 1.82) is 0 Å². The molecular formula is C7H12F2O2. The Balaban J connectivity index is 3.83. The predicted octanol–water partition coefficient (Wildman–Crippen LogP) is 1.64. The summed E-state index contributed by atoms with van der Waals surface area (Å²) in [6.07, 6.45) is -0.278. The summed E-state index contributed by atoms with van der Waals surface area (Å²) >= 11 is 0. The molecule has 0 N–H and O–H groups in total. The van der Waals surface area contributed by atoms with Crippen LogP contribution in [0.5, 0.6) is 0 Å². The van der Waals surface area contributed by atoms with Crippen LogP contribution in [0, 0.1) is 0 Å². The monoisotopic (exact) mass is 166 g/mol. The topological polar surface area (TPSA) is 26.3 Å². The van der Waals surface area contributed by atoms with Gasteiger partial charge in [0.1, 0.15) is 6.61 Å². The van der Waals surface area contributed by atoms with E-state index in [-0.39, 0.29) is 6.10 Å². The quantitative estimate of drug-likeness (QED) is 0.634. The van der Waals surface area contributed by atoms with Gasteiger partial charge in [0.25, 0.3) is 0 Å². The van der Waals surface area contributed by atoms with Gasteiger partial charge in [-0.05, 0) is 13.8 Å². The Morgan fingerprint density at radius 3 is 2.27 bits per heavy atom. The number of halogens is 2. The van der Waals surface area contributed by atoms with Gasteiger partial charge in [-0.3, -0.25) is 4.79 Å². The van der Waals surface area contributed by atoms with Crippen LogP contribution in [0.15, 0.2) is 0 Å². The van der Waals surface area contributed by atoms with Crippen LogP contribution in [-0.4, -0.2) is 24.4 Å². The largest absolute Gasteiger partial charge is 0.372 e. The van der Waals surface area contributed by atoms with E-state index in [1.54, 1.807) is 13.8 Å². The molecule has 66 valence electrons. The van der Waals surface area contributed by atoms with Crippen LogP contribution >= 0.6 is 0 Å². The first kappa shape index (κ1) is 10.5. The summed E-state index contributed by atoms with van der Waals surface area (Å²) in [6.45, 7) is 3.30. The molecule has 0 rings (SSSR count). The Bertz CT molecular complexity index is 143. The Morgan fingerprint density at radius 1 is 1.55 bits per heavy atom. The minimum absolute atomic E-state index is 0.278. The summed E-state index contributed by atoms with van der Waals surface area (Å²) in [5.41, 5.74) is 0. The highest BCUT2D eigenvalue weighted by atomic mass is 19.3. The number of Topliss-reactive ketones (excluding diaryl/α,β-unsaturated/α-hetero) is 1. The normalized spacial score (nSPS) is 12.2. The van der Waals surface area contributed by atoms with E-state index in [1.807, 2.05) is 0 Å². The minimum atomic E-state index is -3.33. The van der Waals surface area contributed by atoms with Crippen LogP contribution in [0.4, 0.5) is 8.78 Å². The lowest BCUT2D eigenvalue weighted by Gasteiger charge is -2.14. The Labute approximate surface area is 64.5 Å². The number of alkyl halides is 2. The summed E-state index contributed by atoms with van der Waals surface area (Å²) in [4.78, 5) is 10.2. The molecule has 0 aromatic heterocycles. The first-order chi connectivity index (χ1) is 4.86. The zero-order valence-corrected chi connectivity index (χ0v) is 6.86. The zero-order chi connectivity index (χ0) is 9.07. The highest BCUT2D eigenvalue weighted by Gasteiger charge is 2.35. The van der Waals surface area contributed by atoms with Gasteiger partial charge in [0.2, 0.25) is 5.78 Å². The van der Waals surface area contributed by atoms with E-state index >= 15 is 0 Å². The fourth-order valence-corrected chi connectivity index (χ4v) is 0.373. The standard InChI is InChI=1S/C7H12F2O2/c1-5(2)11-4-7(8,9)6(3)10/h5H,4H2,1-3H3.